The minimum absolute atomic E-state index is 0.217. The largest absolute Gasteiger partial charge is 0.494 e. The molecule has 1 aromatic carbocycles. The van der Waals surface area contributed by atoms with E-state index in [1.165, 1.54) is 13.2 Å². The monoisotopic (exact) mass is 235 g/mol. The van der Waals surface area contributed by atoms with Crippen molar-refractivity contribution >= 4 is 0 Å². The summed E-state index contributed by atoms with van der Waals surface area (Å²) >= 11 is 0. The van der Waals surface area contributed by atoms with Gasteiger partial charge < -0.3 is 15.0 Å². The van der Waals surface area contributed by atoms with Crippen molar-refractivity contribution < 1.29 is 9.13 Å². The maximum atomic E-state index is 13.3. The number of rotatable bonds is 4. The molecular formula is C12H14FN3O. The Morgan fingerprint density at radius 2 is 2.29 bits per heavy atom. The molecule has 0 radical (unpaired) electrons. The Balaban J connectivity index is 2.42. The SMILES string of the molecule is COc1cc(-n2cncc2CCN)ccc1F. The maximum absolute atomic E-state index is 13.3. The summed E-state index contributed by atoms with van der Waals surface area (Å²) in [5.41, 5.74) is 7.32. The molecule has 2 N–H and O–H groups in total. The van der Waals surface area contributed by atoms with Gasteiger partial charge in [-0.2, -0.15) is 0 Å². The third-order valence-corrected chi connectivity index (χ3v) is 2.53. The molecule has 5 heteroatoms. The van der Waals surface area contributed by atoms with E-state index < -0.39 is 0 Å². The van der Waals surface area contributed by atoms with Crippen molar-refractivity contribution in [2.45, 2.75) is 6.42 Å². The van der Waals surface area contributed by atoms with Gasteiger partial charge in [-0.05, 0) is 18.7 Å². The lowest BCUT2D eigenvalue weighted by Gasteiger charge is -2.09. The van der Waals surface area contributed by atoms with E-state index in [9.17, 15) is 4.39 Å². The molecule has 2 aromatic rings. The molecule has 0 unspecified atom stereocenters. The van der Waals surface area contributed by atoms with Crippen LogP contribution >= 0.6 is 0 Å². The standard InChI is InChI=1S/C12H14FN3O/c1-17-12-6-9(2-3-11(12)13)16-8-15-7-10(16)4-5-14/h2-3,6-8H,4-5,14H2,1H3. The molecule has 4 nitrogen and oxygen atoms in total. The van der Waals surface area contributed by atoms with E-state index in [0.29, 0.717) is 6.54 Å². The molecule has 0 saturated carbocycles. The van der Waals surface area contributed by atoms with E-state index in [0.717, 1.165) is 17.8 Å². The molecule has 0 bridgehead atoms. The van der Waals surface area contributed by atoms with Crippen LogP contribution in [0, 0.1) is 5.82 Å². The van der Waals surface area contributed by atoms with E-state index in [4.69, 9.17) is 10.5 Å². The first kappa shape index (κ1) is 11.6. The zero-order chi connectivity index (χ0) is 12.3. The van der Waals surface area contributed by atoms with Gasteiger partial charge in [-0.15, -0.1) is 0 Å². The van der Waals surface area contributed by atoms with Crippen LogP contribution in [-0.4, -0.2) is 23.2 Å². The topological polar surface area (TPSA) is 53.1 Å². The van der Waals surface area contributed by atoms with Gasteiger partial charge in [-0.25, -0.2) is 9.37 Å². The highest BCUT2D eigenvalue weighted by Gasteiger charge is 2.07. The van der Waals surface area contributed by atoms with Crippen LogP contribution in [0.5, 0.6) is 5.75 Å². The lowest BCUT2D eigenvalue weighted by molar-refractivity contribution is 0.386. The van der Waals surface area contributed by atoms with Gasteiger partial charge in [0.05, 0.1) is 19.1 Å². The normalized spacial score (nSPS) is 10.5. The molecule has 0 aliphatic rings. The number of ether oxygens (including phenoxy) is 1. The molecule has 90 valence electrons. The Bertz CT molecular complexity index is 510. The number of nitrogens with two attached hydrogens (primary N) is 1. The molecular weight excluding hydrogens is 221 g/mol. The van der Waals surface area contributed by atoms with Crippen LogP contribution in [0.1, 0.15) is 5.69 Å². The van der Waals surface area contributed by atoms with Gasteiger partial charge in [0.1, 0.15) is 0 Å². The number of aromatic nitrogens is 2. The Kier molecular flexibility index (Phi) is 3.39. The molecule has 0 amide bonds. The molecule has 2 rings (SSSR count). The molecule has 1 aromatic heterocycles. The Morgan fingerprint density at radius 1 is 1.47 bits per heavy atom. The summed E-state index contributed by atoms with van der Waals surface area (Å²) in [5.74, 6) is -0.161. The van der Waals surface area contributed by atoms with Crippen molar-refractivity contribution in [3.63, 3.8) is 0 Å². The Labute approximate surface area is 98.8 Å². The molecule has 0 saturated heterocycles. The van der Waals surface area contributed by atoms with Crippen LogP contribution in [0.4, 0.5) is 4.39 Å². The summed E-state index contributed by atoms with van der Waals surface area (Å²) in [4.78, 5) is 4.07. The summed E-state index contributed by atoms with van der Waals surface area (Å²) < 4.78 is 20.1. The number of hydrogen-bond donors (Lipinski definition) is 1. The summed E-state index contributed by atoms with van der Waals surface area (Å²) in [6, 6.07) is 4.69. The number of halogens is 1. The second-order valence-corrected chi connectivity index (χ2v) is 3.61. The van der Waals surface area contributed by atoms with Gasteiger partial charge in [0.2, 0.25) is 0 Å². The first-order valence-corrected chi connectivity index (χ1v) is 5.31. The van der Waals surface area contributed by atoms with Crippen LogP contribution in [0.2, 0.25) is 0 Å². The first-order chi connectivity index (χ1) is 8.26. The zero-order valence-electron chi connectivity index (χ0n) is 9.56. The van der Waals surface area contributed by atoms with Crippen molar-refractivity contribution in [1.82, 2.24) is 9.55 Å². The van der Waals surface area contributed by atoms with Crippen LogP contribution in [0.25, 0.3) is 5.69 Å². The average Bonchev–Trinajstić information content (AvgIpc) is 2.78. The van der Waals surface area contributed by atoms with Crippen molar-refractivity contribution in [2.24, 2.45) is 5.73 Å². The number of methoxy groups -OCH3 is 1. The van der Waals surface area contributed by atoms with Gasteiger partial charge in [0, 0.05) is 24.4 Å². The summed E-state index contributed by atoms with van der Waals surface area (Å²) in [6.07, 6.45) is 4.15. The van der Waals surface area contributed by atoms with Gasteiger partial charge >= 0.3 is 0 Å². The van der Waals surface area contributed by atoms with Crippen LogP contribution in [-0.2, 0) is 6.42 Å². The number of imidazole rings is 1. The van der Waals surface area contributed by atoms with Crippen LogP contribution < -0.4 is 10.5 Å². The smallest absolute Gasteiger partial charge is 0.165 e. The fraction of sp³-hybridized carbons (Fsp3) is 0.250. The van der Waals surface area contributed by atoms with E-state index in [2.05, 4.69) is 4.98 Å². The Morgan fingerprint density at radius 3 is 3.00 bits per heavy atom. The summed E-state index contributed by atoms with van der Waals surface area (Å²) in [7, 11) is 1.44. The van der Waals surface area contributed by atoms with Gasteiger partial charge in [0.15, 0.2) is 11.6 Å². The lowest BCUT2D eigenvalue weighted by atomic mass is 10.2. The second-order valence-electron chi connectivity index (χ2n) is 3.61. The number of hydrogen-bond acceptors (Lipinski definition) is 3. The minimum atomic E-state index is -0.378. The van der Waals surface area contributed by atoms with Gasteiger partial charge in [-0.3, -0.25) is 0 Å². The van der Waals surface area contributed by atoms with Crippen molar-refractivity contribution in [1.29, 1.82) is 0 Å². The lowest BCUT2D eigenvalue weighted by Crippen LogP contribution is -2.07. The first-order valence-electron chi connectivity index (χ1n) is 5.31. The highest BCUT2D eigenvalue weighted by Crippen LogP contribution is 2.21. The fourth-order valence-electron chi connectivity index (χ4n) is 1.69. The van der Waals surface area contributed by atoms with Crippen molar-refractivity contribution in [2.75, 3.05) is 13.7 Å². The van der Waals surface area contributed by atoms with Crippen LogP contribution in [0.15, 0.2) is 30.7 Å². The molecule has 0 atom stereocenters. The van der Waals surface area contributed by atoms with E-state index in [1.54, 1.807) is 24.7 Å². The Hall–Kier alpha value is -1.88. The number of benzene rings is 1. The maximum Gasteiger partial charge on any atom is 0.165 e. The van der Waals surface area contributed by atoms with Crippen molar-refractivity contribution in [3.05, 3.63) is 42.2 Å². The third-order valence-electron chi connectivity index (χ3n) is 2.53. The van der Waals surface area contributed by atoms with Crippen molar-refractivity contribution in [3.8, 4) is 11.4 Å². The number of nitrogens with zero attached hydrogens (tertiary/aromatic N) is 2. The molecule has 0 aliphatic carbocycles. The third kappa shape index (κ3) is 2.29. The quantitative estimate of drug-likeness (QED) is 0.874. The van der Waals surface area contributed by atoms with Gasteiger partial charge in [0.25, 0.3) is 0 Å². The summed E-state index contributed by atoms with van der Waals surface area (Å²) in [6.45, 7) is 0.546. The minimum Gasteiger partial charge on any atom is -0.494 e. The predicted octanol–water partition coefficient (Wildman–Crippen LogP) is 1.52. The zero-order valence-corrected chi connectivity index (χ0v) is 9.56. The predicted molar refractivity (Wildman–Crippen MR) is 62.8 cm³/mol. The molecule has 1 heterocycles. The molecule has 0 fully saturated rings. The molecule has 17 heavy (non-hydrogen) atoms. The molecule has 0 spiro atoms. The van der Waals surface area contributed by atoms with Crippen LogP contribution in [0.3, 0.4) is 0 Å². The fourth-order valence-corrected chi connectivity index (χ4v) is 1.69. The van der Waals surface area contributed by atoms with E-state index in [1.807, 2.05) is 4.57 Å². The van der Waals surface area contributed by atoms with E-state index in [-0.39, 0.29) is 11.6 Å². The highest BCUT2D eigenvalue weighted by atomic mass is 19.1. The second kappa shape index (κ2) is 4.97. The van der Waals surface area contributed by atoms with E-state index >= 15 is 0 Å². The van der Waals surface area contributed by atoms with Gasteiger partial charge in [-0.1, -0.05) is 0 Å². The summed E-state index contributed by atoms with van der Waals surface area (Å²) in [5, 5.41) is 0. The average molecular weight is 235 g/mol. The highest BCUT2D eigenvalue weighted by molar-refractivity contribution is 5.41. The molecule has 0 aliphatic heterocycles.